The number of hydrogen-bond acceptors (Lipinski definition) is 7. The van der Waals surface area contributed by atoms with E-state index in [1.807, 2.05) is 0 Å². The number of nitrogens with zero attached hydrogens (tertiary/aromatic N) is 4. The number of likely N-dealkylation sites (N-methyl/N-ethyl adjacent to an activating group) is 2. The van der Waals surface area contributed by atoms with Crippen LogP contribution < -0.4 is 10.1 Å². The minimum absolute atomic E-state index is 0.0899. The molecule has 1 aromatic carbocycles. The van der Waals surface area contributed by atoms with Gasteiger partial charge in [-0.25, -0.2) is 4.98 Å². The monoisotopic (exact) mass is 441 g/mol. The number of rotatable bonds is 3. The van der Waals surface area contributed by atoms with Gasteiger partial charge < -0.3 is 19.7 Å². The van der Waals surface area contributed by atoms with Crippen molar-refractivity contribution in [3.8, 4) is 5.75 Å². The van der Waals surface area contributed by atoms with E-state index in [0.717, 1.165) is 6.54 Å². The lowest BCUT2D eigenvalue weighted by molar-refractivity contribution is 0.0150. The number of anilines is 1. The van der Waals surface area contributed by atoms with Crippen LogP contribution in [0, 0.1) is 5.92 Å². The van der Waals surface area contributed by atoms with Gasteiger partial charge in [-0.2, -0.15) is 0 Å². The van der Waals surface area contributed by atoms with Gasteiger partial charge in [0.1, 0.15) is 18.1 Å². The standard InChI is InChI=1S/C23H31N5O4/c1-15-12-27(3)16(2)14-32-20-10-17(26-22(29)19-11-24-8-9-25-19)6-7-18(20)23(30)28(4)13-21(15)31-5/h6-11,15-16,21H,12-14H2,1-5H3,(H,26,29)/t15-,16-,21-/m0/s1. The first-order valence-electron chi connectivity index (χ1n) is 10.6. The van der Waals surface area contributed by atoms with Gasteiger partial charge in [0, 0.05) is 57.4 Å². The minimum Gasteiger partial charge on any atom is -0.491 e. The van der Waals surface area contributed by atoms with E-state index in [0.29, 0.717) is 30.2 Å². The van der Waals surface area contributed by atoms with Crippen molar-refractivity contribution in [3.63, 3.8) is 0 Å². The summed E-state index contributed by atoms with van der Waals surface area (Å²) < 4.78 is 11.8. The van der Waals surface area contributed by atoms with E-state index < -0.39 is 0 Å². The first kappa shape index (κ1) is 23.6. The van der Waals surface area contributed by atoms with Crippen molar-refractivity contribution in [2.75, 3.05) is 46.2 Å². The van der Waals surface area contributed by atoms with E-state index in [1.165, 1.54) is 18.6 Å². The molecule has 1 aliphatic rings. The van der Waals surface area contributed by atoms with Gasteiger partial charge in [-0.15, -0.1) is 0 Å². The summed E-state index contributed by atoms with van der Waals surface area (Å²) in [6.45, 7) is 5.87. The largest absolute Gasteiger partial charge is 0.491 e. The predicted octanol–water partition coefficient (Wildman–Crippen LogP) is 2.16. The predicted molar refractivity (Wildman–Crippen MR) is 121 cm³/mol. The Morgan fingerprint density at radius 1 is 1.22 bits per heavy atom. The fraction of sp³-hybridized carbons (Fsp3) is 0.478. The van der Waals surface area contributed by atoms with E-state index in [4.69, 9.17) is 9.47 Å². The SMILES string of the molecule is CO[C@H]1CN(C)C(=O)c2ccc(NC(=O)c3cnccn3)cc2OC[C@H](C)N(C)C[C@@H]1C. The molecule has 1 N–H and O–H groups in total. The molecule has 0 aliphatic carbocycles. The molecule has 2 amide bonds. The second kappa shape index (κ2) is 10.5. The van der Waals surface area contributed by atoms with Crippen LogP contribution in [-0.4, -0.2) is 84.6 Å². The first-order chi connectivity index (χ1) is 15.3. The van der Waals surface area contributed by atoms with E-state index in [1.54, 1.807) is 37.3 Å². The van der Waals surface area contributed by atoms with Gasteiger partial charge in [-0.3, -0.25) is 19.5 Å². The average Bonchev–Trinajstić information content (AvgIpc) is 2.80. The summed E-state index contributed by atoms with van der Waals surface area (Å²) in [5, 5.41) is 2.79. The van der Waals surface area contributed by atoms with Crippen molar-refractivity contribution in [1.82, 2.24) is 19.8 Å². The van der Waals surface area contributed by atoms with Gasteiger partial charge in [0.05, 0.1) is 17.9 Å². The summed E-state index contributed by atoms with van der Waals surface area (Å²) in [6.07, 6.45) is 4.26. The molecule has 3 atom stereocenters. The second-order valence-electron chi connectivity index (χ2n) is 8.29. The lowest BCUT2D eigenvalue weighted by atomic mass is 10.0. The number of hydrogen-bond donors (Lipinski definition) is 1. The van der Waals surface area contributed by atoms with E-state index >= 15 is 0 Å². The number of benzene rings is 1. The number of amides is 2. The molecule has 0 saturated carbocycles. The number of fused-ring (bicyclic) bond motifs is 1. The van der Waals surface area contributed by atoms with Gasteiger partial charge in [0.2, 0.25) is 0 Å². The summed E-state index contributed by atoms with van der Waals surface area (Å²) in [5.74, 6) is 0.101. The van der Waals surface area contributed by atoms with Crippen LogP contribution in [0.2, 0.25) is 0 Å². The normalized spacial score (nSPS) is 22.8. The van der Waals surface area contributed by atoms with Crippen molar-refractivity contribution in [2.24, 2.45) is 5.92 Å². The van der Waals surface area contributed by atoms with Crippen LogP contribution in [0.5, 0.6) is 5.75 Å². The Labute approximate surface area is 188 Å². The third-order valence-electron chi connectivity index (χ3n) is 5.81. The second-order valence-corrected chi connectivity index (χ2v) is 8.29. The van der Waals surface area contributed by atoms with Gasteiger partial charge in [-0.05, 0) is 32.0 Å². The maximum absolute atomic E-state index is 13.2. The number of carbonyl (C=O) groups excluding carboxylic acids is 2. The van der Waals surface area contributed by atoms with Crippen LogP contribution in [0.4, 0.5) is 5.69 Å². The molecule has 0 saturated heterocycles. The highest BCUT2D eigenvalue weighted by Crippen LogP contribution is 2.27. The third-order valence-corrected chi connectivity index (χ3v) is 5.81. The Morgan fingerprint density at radius 3 is 2.69 bits per heavy atom. The van der Waals surface area contributed by atoms with Crippen molar-refractivity contribution < 1.29 is 19.1 Å². The van der Waals surface area contributed by atoms with Crippen LogP contribution >= 0.6 is 0 Å². The Morgan fingerprint density at radius 2 is 2.00 bits per heavy atom. The fourth-order valence-corrected chi connectivity index (χ4v) is 3.64. The van der Waals surface area contributed by atoms with Crippen molar-refractivity contribution in [3.05, 3.63) is 48.0 Å². The smallest absolute Gasteiger partial charge is 0.275 e. The topological polar surface area (TPSA) is 96.9 Å². The van der Waals surface area contributed by atoms with Gasteiger partial charge in [-0.1, -0.05) is 6.92 Å². The Bertz CT molecular complexity index is 939. The summed E-state index contributed by atoms with van der Waals surface area (Å²) in [5.41, 5.74) is 1.14. The highest BCUT2D eigenvalue weighted by atomic mass is 16.5. The zero-order valence-corrected chi connectivity index (χ0v) is 19.2. The van der Waals surface area contributed by atoms with Crippen LogP contribution in [-0.2, 0) is 4.74 Å². The number of aromatic nitrogens is 2. The summed E-state index contributed by atoms with van der Waals surface area (Å²) in [4.78, 5) is 37.4. The van der Waals surface area contributed by atoms with Crippen LogP contribution in [0.25, 0.3) is 0 Å². The average molecular weight is 442 g/mol. The molecule has 1 aliphatic heterocycles. The van der Waals surface area contributed by atoms with Gasteiger partial charge in [0.15, 0.2) is 0 Å². The van der Waals surface area contributed by atoms with E-state index in [9.17, 15) is 9.59 Å². The molecule has 9 nitrogen and oxygen atoms in total. The number of ether oxygens (including phenoxy) is 2. The van der Waals surface area contributed by atoms with Crippen molar-refractivity contribution >= 4 is 17.5 Å². The lowest BCUT2D eigenvalue weighted by Gasteiger charge is -2.34. The van der Waals surface area contributed by atoms with Crippen molar-refractivity contribution in [1.29, 1.82) is 0 Å². The molecule has 172 valence electrons. The summed E-state index contributed by atoms with van der Waals surface area (Å²) in [6, 6.07) is 5.14. The molecule has 3 rings (SSSR count). The number of methoxy groups -OCH3 is 1. The third kappa shape index (κ3) is 5.60. The highest BCUT2D eigenvalue weighted by Gasteiger charge is 2.27. The molecule has 1 aromatic heterocycles. The van der Waals surface area contributed by atoms with Crippen molar-refractivity contribution in [2.45, 2.75) is 26.0 Å². The summed E-state index contributed by atoms with van der Waals surface area (Å²) >= 11 is 0. The molecule has 9 heteroatoms. The zero-order chi connectivity index (χ0) is 23.3. The number of nitrogens with one attached hydrogen (secondary N) is 1. The Hall–Kier alpha value is -3.04. The fourth-order valence-electron chi connectivity index (χ4n) is 3.64. The zero-order valence-electron chi connectivity index (χ0n) is 19.2. The number of carbonyl (C=O) groups is 2. The molecule has 0 unspecified atom stereocenters. The molecule has 2 heterocycles. The van der Waals surface area contributed by atoms with E-state index in [-0.39, 0.29) is 35.6 Å². The molecular formula is C23H31N5O4. The van der Waals surface area contributed by atoms with Crippen LogP contribution in [0.1, 0.15) is 34.7 Å². The maximum Gasteiger partial charge on any atom is 0.275 e. The first-order valence-corrected chi connectivity index (χ1v) is 10.6. The van der Waals surface area contributed by atoms with E-state index in [2.05, 4.69) is 41.1 Å². The molecule has 0 spiro atoms. The molecule has 0 bridgehead atoms. The minimum atomic E-state index is -0.389. The summed E-state index contributed by atoms with van der Waals surface area (Å²) in [7, 11) is 5.49. The molecular weight excluding hydrogens is 410 g/mol. The molecule has 0 radical (unpaired) electrons. The van der Waals surface area contributed by atoms with Gasteiger partial charge >= 0.3 is 0 Å². The molecule has 2 aromatic rings. The van der Waals surface area contributed by atoms with Crippen LogP contribution in [0.15, 0.2) is 36.8 Å². The Kier molecular flexibility index (Phi) is 7.76. The molecule has 0 fully saturated rings. The van der Waals surface area contributed by atoms with Gasteiger partial charge in [0.25, 0.3) is 11.8 Å². The maximum atomic E-state index is 13.2. The molecule has 32 heavy (non-hydrogen) atoms. The quantitative estimate of drug-likeness (QED) is 0.780. The highest BCUT2D eigenvalue weighted by molar-refractivity contribution is 6.03. The van der Waals surface area contributed by atoms with Crippen LogP contribution in [0.3, 0.4) is 0 Å². The Balaban J connectivity index is 1.89. The lowest BCUT2D eigenvalue weighted by Crippen LogP contribution is -2.45.